The Bertz CT molecular complexity index is 559. The molecule has 0 atom stereocenters. The van der Waals surface area contributed by atoms with Gasteiger partial charge in [-0.3, -0.25) is 9.78 Å². The molecule has 1 aromatic heterocycles. The molecule has 1 amide bonds. The molecule has 2 aromatic rings. The monoisotopic (exact) mass is 255 g/mol. The second-order valence-electron chi connectivity index (χ2n) is 4.58. The van der Waals surface area contributed by atoms with Crippen LogP contribution in [0.1, 0.15) is 16.1 Å². The molecule has 0 unspecified atom stereocenters. The standard InChI is InChI=1S/C15H17N3O/c1-11-4-5-12(10-16-11)15(19)17-13-6-8-14(9-7-13)18(2)3/h4-10H,1-3H3,(H,17,19). The van der Waals surface area contributed by atoms with Gasteiger partial charge in [-0.15, -0.1) is 0 Å². The van der Waals surface area contributed by atoms with Gasteiger partial charge in [-0.1, -0.05) is 0 Å². The molecule has 0 aliphatic carbocycles. The van der Waals surface area contributed by atoms with Gasteiger partial charge in [0.25, 0.3) is 5.91 Å². The maximum Gasteiger partial charge on any atom is 0.257 e. The van der Waals surface area contributed by atoms with Crippen LogP contribution < -0.4 is 10.2 Å². The van der Waals surface area contributed by atoms with Gasteiger partial charge in [-0.05, 0) is 43.3 Å². The molecular formula is C15H17N3O. The Hall–Kier alpha value is -2.36. The molecule has 1 aromatic carbocycles. The molecule has 1 heterocycles. The number of anilines is 2. The molecule has 0 spiro atoms. The summed E-state index contributed by atoms with van der Waals surface area (Å²) in [5.74, 6) is -0.148. The minimum Gasteiger partial charge on any atom is -0.378 e. The highest BCUT2D eigenvalue weighted by Crippen LogP contribution is 2.16. The zero-order valence-electron chi connectivity index (χ0n) is 11.3. The van der Waals surface area contributed by atoms with Crippen molar-refractivity contribution in [1.82, 2.24) is 4.98 Å². The quantitative estimate of drug-likeness (QED) is 0.917. The molecule has 2 rings (SSSR count). The molecule has 0 radical (unpaired) electrons. The third-order valence-electron chi connectivity index (χ3n) is 2.82. The average Bonchev–Trinajstić information content (AvgIpc) is 2.40. The van der Waals surface area contributed by atoms with E-state index in [-0.39, 0.29) is 5.91 Å². The van der Waals surface area contributed by atoms with Crippen molar-refractivity contribution in [2.45, 2.75) is 6.92 Å². The Morgan fingerprint density at radius 3 is 2.32 bits per heavy atom. The fraction of sp³-hybridized carbons (Fsp3) is 0.200. The molecule has 4 heteroatoms. The SMILES string of the molecule is Cc1ccc(C(=O)Nc2ccc(N(C)C)cc2)cn1. The summed E-state index contributed by atoms with van der Waals surface area (Å²) in [6.07, 6.45) is 1.58. The summed E-state index contributed by atoms with van der Waals surface area (Å²) >= 11 is 0. The van der Waals surface area contributed by atoms with Gasteiger partial charge in [-0.25, -0.2) is 0 Å². The van der Waals surface area contributed by atoms with E-state index in [0.717, 1.165) is 17.1 Å². The Labute approximate surface area is 113 Å². The Morgan fingerprint density at radius 2 is 1.79 bits per heavy atom. The molecule has 0 bridgehead atoms. The van der Waals surface area contributed by atoms with E-state index in [4.69, 9.17) is 0 Å². The minimum atomic E-state index is -0.148. The molecule has 4 nitrogen and oxygen atoms in total. The minimum absolute atomic E-state index is 0.148. The molecule has 0 saturated heterocycles. The maximum absolute atomic E-state index is 12.0. The summed E-state index contributed by atoms with van der Waals surface area (Å²) < 4.78 is 0. The molecular weight excluding hydrogens is 238 g/mol. The molecule has 1 N–H and O–H groups in total. The Balaban J connectivity index is 2.08. The third kappa shape index (κ3) is 3.31. The summed E-state index contributed by atoms with van der Waals surface area (Å²) in [6.45, 7) is 1.89. The molecule has 98 valence electrons. The Morgan fingerprint density at radius 1 is 1.11 bits per heavy atom. The number of benzene rings is 1. The van der Waals surface area contributed by atoms with Crippen molar-refractivity contribution in [3.8, 4) is 0 Å². The molecule has 19 heavy (non-hydrogen) atoms. The average molecular weight is 255 g/mol. The summed E-state index contributed by atoms with van der Waals surface area (Å²) in [4.78, 5) is 18.1. The number of amides is 1. The van der Waals surface area contributed by atoms with E-state index < -0.39 is 0 Å². The lowest BCUT2D eigenvalue weighted by Gasteiger charge is -2.13. The second kappa shape index (κ2) is 5.52. The lowest BCUT2D eigenvalue weighted by Crippen LogP contribution is -2.13. The largest absolute Gasteiger partial charge is 0.378 e. The first-order chi connectivity index (χ1) is 9.06. The van der Waals surface area contributed by atoms with Crippen molar-refractivity contribution in [3.05, 3.63) is 53.9 Å². The smallest absolute Gasteiger partial charge is 0.257 e. The summed E-state index contributed by atoms with van der Waals surface area (Å²) in [6, 6.07) is 11.3. The number of aryl methyl sites for hydroxylation is 1. The van der Waals surface area contributed by atoms with Crippen LogP contribution in [0.2, 0.25) is 0 Å². The van der Waals surface area contributed by atoms with E-state index in [0.29, 0.717) is 5.56 Å². The number of rotatable bonds is 3. The van der Waals surface area contributed by atoms with Crippen molar-refractivity contribution in [1.29, 1.82) is 0 Å². The van der Waals surface area contributed by atoms with Gasteiger partial charge < -0.3 is 10.2 Å². The number of nitrogens with one attached hydrogen (secondary N) is 1. The van der Waals surface area contributed by atoms with E-state index in [2.05, 4.69) is 10.3 Å². The number of hydrogen-bond donors (Lipinski definition) is 1. The van der Waals surface area contributed by atoms with Crippen molar-refractivity contribution < 1.29 is 4.79 Å². The first-order valence-electron chi connectivity index (χ1n) is 6.07. The van der Waals surface area contributed by atoms with E-state index in [1.54, 1.807) is 12.3 Å². The highest BCUT2D eigenvalue weighted by atomic mass is 16.1. The van der Waals surface area contributed by atoms with Crippen LogP contribution in [0.25, 0.3) is 0 Å². The fourth-order valence-electron chi connectivity index (χ4n) is 1.65. The summed E-state index contributed by atoms with van der Waals surface area (Å²) in [5, 5.41) is 2.85. The highest BCUT2D eigenvalue weighted by Gasteiger charge is 2.06. The van der Waals surface area contributed by atoms with Gasteiger partial charge in [-0.2, -0.15) is 0 Å². The van der Waals surface area contributed by atoms with Gasteiger partial charge in [0.2, 0.25) is 0 Å². The Kier molecular flexibility index (Phi) is 3.80. The van der Waals surface area contributed by atoms with Crippen LogP contribution in [0.4, 0.5) is 11.4 Å². The van der Waals surface area contributed by atoms with Crippen molar-refractivity contribution in [2.24, 2.45) is 0 Å². The first kappa shape index (κ1) is 13.1. The summed E-state index contributed by atoms with van der Waals surface area (Å²) in [7, 11) is 3.96. The van der Waals surface area contributed by atoms with E-state index in [1.165, 1.54) is 0 Å². The summed E-state index contributed by atoms with van der Waals surface area (Å²) in [5.41, 5.74) is 3.32. The van der Waals surface area contributed by atoms with Crippen LogP contribution >= 0.6 is 0 Å². The first-order valence-corrected chi connectivity index (χ1v) is 6.07. The van der Waals surface area contributed by atoms with Crippen molar-refractivity contribution in [2.75, 3.05) is 24.3 Å². The zero-order chi connectivity index (χ0) is 13.8. The second-order valence-corrected chi connectivity index (χ2v) is 4.58. The van der Waals surface area contributed by atoms with Gasteiger partial charge in [0, 0.05) is 37.4 Å². The lowest BCUT2D eigenvalue weighted by molar-refractivity contribution is 0.102. The van der Waals surface area contributed by atoms with Gasteiger partial charge >= 0.3 is 0 Å². The van der Waals surface area contributed by atoms with Crippen LogP contribution in [0.3, 0.4) is 0 Å². The molecule has 0 fully saturated rings. The normalized spacial score (nSPS) is 10.1. The number of hydrogen-bond acceptors (Lipinski definition) is 3. The molecule has 0 saturated carbocycles. The topological polar surface area (TPSA) is 45.2 Å². The van der Waals surface area contributed by atoms with E-state index in [1.807, 2.05) is 56.3 Å². The van der Waals surface area contributed by atoms with Crippen LogP contribution in [0.5, 0.6) is 0 Å². The van der Waals surface area contributed by atoms with Crippen molar-refractivity contribution in [3.63, 3.8) is 0 Å². The number of pyridine rings is 1. The van der Waals surface area contributed by atoms with Gasteiger partial charge in [0.05, 0.1) is 5.56 Å². The van der Waals surface area contributed by atoms with Crippen LogP contribution in [-0.4, -0.2) is 25.0 Å². The van der Waals surface area contributed by atoms with E-state index >= 15 is 0 Å². The van der Waals surface area contributed by atoms with Crippen molar-refractivity contribution >= 4 is 17.3 Å². The molecule has 0 aliphatic rings. The zero-order valence-corrected chi connectivity index (χ0v) is 11.3. The van der Waals surface area contributed by atoms with Crippen LogP contribution in [0.15, 0.2) is 42.6 Å². The third-order valence-corrected chi connectivity index (χ3v) is 2.82. The van der Waals surface area contributed by atoms with Gasteiger partial charge in [0.15, 0.2) is 0 Å². The fourth-order valence-corrected chi connectivity index (χ4v) is 1.65. The maximum atomic E-state index is 12.0. The molecule has 0 aliphatic heterocycles. The number of nitrogens with zero attached hydrogens (tertiary/aromatic N) is 2. The van der Waals surface area contributed by atoms with Gasteiger partial charge in [0.1, 0.15) is 0 Å². The predicted molar refractivity (Wildman–Crippen MR) is 77.7 cm³/mol. The number of carbonyl (C=O) groups is 1. The lowest BCUT2D eigenvalue weighted by atomic mass is 10.2. The van der Waals surface area contributed by atoms with Crippen LogP contribution in [-0.2, 0) is 0 Å². The number of aromatic nitrogens is 1. The highest BCUT2D eigenvalue weighted by molar-refractivity contribution is 6.04. The van der Waals surface area contributed by atoms with E-state index in [9.17, 15) is 4.79 Å². The van der Waals surface area contributed by atoms with Crippen LogP contribution in [0, 0.1) is 6.92 Å². The number of carbonyl (C=O) groups excluding carboxylic acids is 1. The predicted octanol–water partition coefficient (Wildman–Crippen LogP) is 2.71.